The zero-order chi connectivity index (χ0) is 16.1. The van der Waals surface area contributed by atoms with Crippen LogP contribution < -0.4 is 15.8 Å². The van der Waals surface area contributed by atoms with Crippen molar-refractivity contribution in [3.05, 3.63) is 60.6 Å². The lowest BCUT2D eigenvalue weighted by molar-refractivity contribution is -0.118. The summed E-state index contributed by atoms with van der Waals surface area (Å²) in [7, 11) is 0. The Morgan fingerprint density at radius 3 is 2.83 bits per heavy atom. The van der Waals surface area contributed by atoms with Crippen molar-refractivity contribution in [1.29, 1.82) is 0 Å². The third-order valence-electron chi connectivity index (χ3n) is 3.31. The van der Waals surface area contributed by atoms with E-state index in [1.807, 2.05) is 53.2 Å². The number of carbonyl (C=O) groups excluding carboxylic acids is 1. The number of carbonyl (C=O) groups is 1. The van der Waals surface area contributed by atoms with Crippen molar-refractivity contribution < 1.29 is 9.53 Å². The molecule has 0 spiro atoms. The number of benzene rings is 1. The molecule has 0 saturated carbocycles. The number of nitrogens with zero attached hydrogens (tertiary/aromatic N) is 2. The van der Waals surface area contributed by atoms with Crippen LogP contribution in [0.4, 0.5) is 5.69 Å². The van der Waals surface area contributed by atoms with E-state index in [1.54, 1.807) is 6.07 Å². The van der Waals surface area contributed by atoms with E-state index in [9.17, 15) is 4.79 Å². The Morgan fingerprint density at radius 2 is 2.04 bits per heavy atom. The Balaban J connectivity index is 1.68. The minimum absolute atomic E-state index is 0.0757. The van der Waals surface area contributed by atoms with Gasteiger partial charge in [-0.25, -0.2) is 4.98 Å². The van der Waals surface area contributed by atoms with Crippen LogP contribution in [0, 0.1) is 0 Å². The monoisotopic (exact) mass is 310 g/mol. The first-order chi connectivity index (χ1) is 11.3. The molecule has 0 aliphatic heterocycles. The van der Waals surface area contributed by atoms with Crippen LogP contribution in [-0.4, -0.2) is 28.4 Å². The fourth-order valence-electron chi connectivity index (χ4n) is 2.28. The highest BCUT2D eigenvalue weighted by Crippen LogP contribution is 2.19. The summed E-state index contributed by atoms with van der Waals surface area (Å²) in [5, 5.41) is 2.78. The summed E-state index contributed by atoms with van der Waals surface area (Å²) in [5.41, 5.74) is 7.88. The van der Waals surface area contributed by atoms with Gasteiger partial charge in [-0.3, -0.25) is 4.79 Å². The molecule has 1 amide bonds. The summed E-state index contributed by atoms with van der Waals surface area (Å²) in [6.07, 6.45) is 4.51. The number of para-hydroxylation sites is 1. The molecule has 1 aromatic carbocycles. The van der Waals surface area contributed by atoms with Crippen LogP contribution in [0.2, 0.25) is 0 Å². The number of rotatable bonds is 6. The lowest BCUT2D eigenvalue weighted by Crippen LogP contribution is -2.20. The number of ether oxygens (including phenoxy) is 1. The third kappa shape index (κ3) is 3.67. The van der Waals surface area contributed by atoms with E-state index >= 15 is 0 Å². The first-order valence-corrected chi connectivity index (χ1v) is 7.40. The molecule has 0 saturated heterocycles. The topological polar surface area (TPSA) is 81.6 Å². The molecule has 0 aliphatic carbocycles. The van der Waals surface area contributed by atoms with Crippen LogP contribution >= 0.6 is 0 Å². The number of hydrogen-bond donors (Lipinski definition) is 2. The molecule has 2 heterocycles. The largest absolute Gasteiger partial charge is 0.480 e. The van der Waals surface area contributed by atoms with Gasteiger partial charge in [0.05, 0.1) is 5.69 Å². The zero-order valence-electron chi connectivity index (χ0n) is 12.6. The van der Waals surface area contributed by atoms with Gasteiger partial charge < -0.3 is 20.2 Å². The molecule has 23 heavy (non-hydrogen) atoms. The van der Waals surface area contributed by atoms with Gasteiger partial charge in [0.2, 0.25) is 0 Å². The van der Waals surface area contributed by atoms with Gasteiger partial charge in [0.15, 0.2) is 18.0 Å². The van der Waals surface area contributed by atoms with Gasteiger partial charge in [0.1, 0.15) is 0 Å². The predicted molar refractivity (Wildman–Crippen MR) is 88.5 cm³/mol. The van der Waals surface area contributed by atoms with Crippen LogP contribution in [0.25, 0.3) is 5.65 Å². The molecule has 6 heteroatoms. The summed E-state index contributed by atoms with van der Waals surface area (Å²) < 4.78 is 7.49. The fraction of sp³-hybridized carbons (Fsp3) is 0.176. The second-order valence-corrected chi connectivity index (χ2v) is 5.08. The maximum atomic E-state index is 11.9. The van der Waals surface area contributed by atoms with Crippen LogP contribution in [0.3, 0.4) is 0 Å². The molecule has 0 atom stereocenters. The quantitative estimate of drug-likeness (QED) is 0.728. The normalized spacial score (nSPS) is 10.7. The van der Waals surface area contributed by atoms with E-state index in [2.05, 4.69) is 10.3 Å². The molecule has 0 aliphatic rings. The van der Waals surface area contributed by atoms with Gasteiger partial charge in [-0.15, -0.1) is 0 Å². The third-order valence-corrected chi connectivity index (χ3v) is 3.31. The highest BCUT2D eigenvalue weighted by atomic mass is 16.5. The van der Waals surface area contributed by atoms with Crippen LogP contribution in [0.15, 0.2) is 54.9 Å². The number of nitrogens with one attached hydrogen (secondary N) is 1. The van der Waals surface area contributed by atoms with Gasteiger partial charge in [-0.05, 0) is 30.8 Å². The van der Waals surface area contributed by atoms with Crippen molar-refractivity contribution >= 4 is 17.2 Å². The molecule has 3 rings (SSSR count). The molecule has 2 aromatic heterocycles. The van der Waals surface area contributed by atoms with Crippen LogP contribution in [0.5, 0.6) is 5.75 Å². The number of hydrogen-bond acceptors (Lipinski definition) is 4. The Morgan fingerprint density at radius 1 is 1.22 bits per heavy atom. The van der Waals surface area contributed by atoms with Crippen molar-refractivity contribution in [1.82, 2.24) is 9.38 Å². The van der Waals surface area contributed by atoms with Crippen molar-refractivity contribution in [2.24, 2.45) is 5.73 Å². The first-order valence-electron chi connectivity index (χ1n) is 7.40. The second kappa shape index (κ2) is 6.93. The van der Waals surface area contributed by atoms with Gasteiger partial charge in [-0.1, -0.05) is 18.2 Å². The molecule has 118 valence electrons. The molecule has 0 bridgehead atoms. The van der Waals surface area contributed by atoms with Crippen molar-refractivity contribution in [3.63, 3.8) is 0 Å². The number of aromatic nitrogens is 2. The maximum absolute atomic E-state index is 11.9. The molecule has 0 radical (unpaired) electrons. The fourth-order valence-corrected chi connectivity index (χ4v) is 2.28. The average Bonchev–Trinajstić information content (AvgIpc) is 2.97. The second-order valence-electron chi connectivity index (χ2n) is 5.08. The van der Waals surface area contributed by atoms with E-state index in [4.69, 9.17) is 10.5 Å². The van der Waals surface area contributed by atoms with E-state index in [1.165, 1.54) is 0 Å². The lowest BCUT2D eigenvalue weighted by atomic mass is 10.3. The number of fused-ring (bicyclic) bond motifs is 1. The van der Waals surface area contributed by atoms with Crippen LogP contribution in [-0.2, 0) is 11.2 Å². The number of nitrogens with two attached hydrogens (primary N) is 1. The number of pyridine rings is 1. The summed E-state index contributed by atoms with van der Waals surface area (Å²) >= 11 is 0. The molecule has 3 aromatic rings. The lowest BCUT2D eigenvalue weighted by Gasteiger charge is -2.08. The SMILES string of the molecule is NCCc1cn2cccc(OCC(=O)Nc3ccccc3)c2n1. The molecule has 3 N–H and O–H groups in total. The Kier molecular flexibility index (Phi) is 4.54. The number of amides is 1. The van der Waals surface area contributed by atoms with Crippen molar-refractivity contribution in [2.75, 3.05) is 18.5 Å². The highest BCUT2D eigenvalue weighted by Gasteiger charge is 2.09. The number of anilines is 1. The van der Waals surface area contributed by atoms with E-state index in [0.717, 1.165) is 11.4 Å². The molecule has 0 unspecified atom stereocenters. The Bertz CT molecular complexity index is 799. The Hall–Kier alpha value is -2.86. The standard InChI is InChI=1S/C17H18N4O2/c18-9-8-14-11-21-10-4-7-15(17(21)20-14)23-12-16(22)19-13-5-2-1-3-6-13/h1-7,10-11H,8-9,12,18H2,(H,19,22). The molecule has 6 nitrogen and oxygen atoms in total. The smallest absolute Gasteiger partial charge is 0.262 e. The molecular weight excluding hydrogens is 292 g/mol. The highest BCUT2D eigenvalue weighted by molar-refractivity contribution is 5.91. The van der Waals surface area contributed by atoms with Gasteiger partial charge in [-0.2, -0.15) is 0 Å². The summed E-state index contributed by atoms with van der Waals surface area (Å²) in [6, 6.07) is 12.9. The van der Waals surface area contributed by atoms with Crippen molar-refractivity contribution in [2.45, 2.75) is 6.42 Å². The first kappa shape index (κ1) is 15.1. The zero-order valence-corrected chi connectivity index (χ0v) is 12.6. The van der Waals surface area contributed by atoms with E-state index < -0.39 is 0 Å². The van der Waals surface area contributed by atoms with Crippen LogP contribution in [0.1, 0.15) is 5.69 Å². The van der Waals surface area contributed by atoms with Crippen molar-refractivity contribution in [3.8, 4) is 5.75 Å². The molecule has 0 fully saturated rings. The van der Waals surface area contributed by atoms with E-state index in [-0.39, 0.29) is 12.5 Å². The van der Waals surface area contributed by atoms with Gasteiger partial charge in [0.25, 0.3) is 5.91 Å². The average molecular weight is 310 g/mol. The Labute approximate surface area is 133 Å². The number of imidazole rings is 1. The maximum Gasteiger partial charge on any atom is 0.262 e. The summed E-state index contributed by atoms with van der Waals surface area (Å²) in [6.45, 7) is 0.465. The molecular formula is C17H18N4O2. The summed E-state index contributed by atoms with van der Waals surface area (Å²) in [5.74, 6) is 0.353. The van der Waals surface area contributed by atoms with Gasteiger partial charge in [0, 0.05) is 24.5 Å². The predicted octanol–water partition coefficient (Wildman–Crippen LogP) is 1.85. The minimum Gasteiger partial charge on any atom is -0.480 e. The van der Waals surface area contributed by atoms with E-state index in [0.29, 0.717) is 24.4 Å². The van der Waals surface area contributed by atoms with Gasteiger partial charge >= 0.3 is 0 Å². The minimum atomic E-state index is -0.216. The summed E-state index contributed by atoms with van der Waals surface area (Å²) in [4.78, 5) is 16.4.